The average Bonchev–Trinajstić information content (AvgIpc) is 3.22. The number of hydrogen-bond acceptors (Lipinski definition) is 6. The number of piperazine rings is 1. The summed E-state index contributed by atoms with van der Waals surface area (Å²) in [6.45, 7) is 8.16. The Morgan fingerprint density at radius 2 is 1.81 bits per heavy atom. The van der Waals surface area contributed by atoms with Crippen LogP contribution in [0.15, 0.2) is 6.33 Å². The van der Waals surface area contributed by atoms with Crippen molar-refractivity contribution in [3.63, 3.8) is 0 Å². The third kappa shape index (κ3) is 4.24. The molecular formula is C18H30N6O2. The normalized spacial score (nSPS) is 24.8. The summed E-state index contributed by atoms with van der Waals surface area (Å²) in [7, 11) is 0. The van der Waals surface area contributed by atoms with Crippen molar-refractivity contribution in [2.24, 2.45) is 5.92 Å². The molecule has 0 radical (unpaired) electrons. The molecule has 1 aromatic rings. The van der Waals surface area contributed by atoms with Crippen molar-refractivity contribution in [2.75, 3.05) is 52.5 Å². The van der Waals surface area contributed by atoms with Gasteiger partial charge in [0.25, 0.3) is 0 Å². The first kappa shape index (κ1) is 17.9. The number of piperidine rings is 1. The van der Waals surface area contributed by atoms with Crippen LogP contribution in [-0.4, -0.2) is 94.3 Å². The van der Waals surface area contributed by atoms with E-state index >= 15 is 0 Å². The maximum absolute atomic E-state index is 12.9. The van der Waals surface area contributed by atoms with E-state index in [0.29, 0.717) is 11.9 Å². The van der Waals surface area contributed by atoms with Gasteiger partial charge in [-0.25, -0.2) is 4.98 Å². The Hall–Kier alpha value is -1.51. The molecule has 8 nitrogen and oxygen atoms in total. The fraction of sp³-hybridized carbons (Fsp3) is 0.833. The fourth-order valence-electron chi connectivity index (χ4n) is 4.47. The Morgan fingerprint density at radius 1 is 1.08 bits per heavy atom. The van der Waals surface area contributed by atoms with Crippen LogP contribution in [0.25, 0.3) is 0 Å². The highest BCUT2D eigenvalue weighted by molar-refractivity contribution is 5.79. The first-order valence-electron chi connectivity index (χ1n) is 9.97. The number of amides is 1. The van der Waals surface area contributed by atoms with Crippen LogP contribution in [0, 0.1) is 5.92 Å². The highest BCUT2D eigenvalue weighted by Gasteiger charge is 2.32. The van der Waals surface area contributed by atoms with Crippen LogP contribution in [-0.2, 0) is 16.1 Å². The summed E-state index contributed by atoms with van der Waals surface area (Å²) in [6, 6.07) is 0.666. The molecule has 4 rings (SSSR count). The number of nitrogens with zero attached hydrogens (tertiary/aromatic N) is 5. The van der Waals surface area contributed by atoms with Gasteiger partial charge in [-0.05, 0) is 38.8 Å². The molecule has 8 heteroatoms. The van der Waals surface area contributed by atoms with E-state index in [1.54, 1.807) is 6.33 Å². The molecule has 0 aliphatic carbocycles. The largest absolute Gasteiger partial charge is 0.381 e. The summed E-state index contributed by atoms with van der Waals surface area (Å²) < 4.78 is 5.47. The van der Waals surface area contributed by atoms with Gasteiger partial charge < -0.3 is 14.5 Å². The van der Waals surface area contributed by atoms with E-state index in [-0.39, 0.29) is 5.92 Å². The number of carbonyl (C=O) groups is 1. The van der Waals surface area contributed by atoms with Crippen molar-refractivity contribution in [3.8, 4) is 0 Å². The number of nitrogens with one attached hydrogen (secondary N) is 1. The summed E-state index contributed by atoms with van der Waals surface area (Å²) in [6.07, 6.45) is 5.85. The third-order valence-corrected chi connectivity index (χ3v) is 6.11. The Labute approximate surface area is 154 Å². The topological polar surface area (TPSA) is 77.6 Å². The highest BCUT2D eigenvalue weighted by atomic mass is 16.5. The quantitative estimate of drug-likeness (QED) is 0.832. The highest BCUT2D eigenvalue weighted by Crippen LogP contribution is 2.25. The second-order valence-corrected chi connectivity index (χ2v) is 7.69. The van der Waals surface area contributed by atoms with E-state index in [0.717, 1.165) is 90.5 Å². The molecule has 1 amide bonds. The lowest BCUT2D eigenvalue weighted by molar-refractivity contribution is -0.139. The van der Waals surface area contributed by atoms with Gasteiger partial charge in [0.1, 0.15) is 12.2 Å². The Bertz CT molecular complexity index is 558. The van der Waals surface area contributed by atoms with Crippen LogP contribution >= 0.6 is 0 Å². The maximum Gasteiger partial charge on any atom is 0.225 e. The summed E-state index contributed by atoms with van der Waals surface area (Å²) in [5, 5.41) is 6.80. The number of hydrogen-bond donors (Lipinski definition) is 1. The summed E-state index contributed by atoms with van der Waals surface area (Å²) in [5.74, 6) is 1.48. The molecule has 0 saturated carbocycles. The molecule has 0 bridgehead atoms. The van der Waals surface area contributed by atoms with E-state index < -0.39 is 0 Å². The molecule has 1 aromatic heterocycles. The average molecular weight is 362 g/mol. The van der Waals surface area contributed by atoms with E-state index in [1.165, 1.54) is 0 Å². The molecule has 3 aliphatic heterocycles. The molecule has 26 heavy (non-hydrogen) atoms. The molecular weight excluding hydrogens is 332 g/mol. The number of aromatic amines is 1. The molecule has 0 atom stereocenters. The number of ether oxygens (including phenoxy) is 1. The number of likely N-dealkylation sites (tertiary alicyclic amines) is 1. The Balaban J connectivity index is 1.20. The standard InChI is InChI=1S/C18H30N6O2/c25-18(15-1-5-23(6-2-15)16-3-11-26-12-4-16)24-9-7-22(8-10-24)13-17-19-14-20-21-17/h14-16H,1-13H2,(H,19,20,21). The summed E-state index contributed by atoms with van der Waals surface area (Å²) >= 11 is 0. The van der Waals surface area contributed by atoms with Gasteiger partial charge in [0, 0.05) is 51.4 Å². The van der Waals surface area contributed by atoms with Gasteiger partial charge >= 0.3 is 0 Å². The van der Waals surface area contributed by atoms with Gasteiger partial charge in [0.15, 0.2) is 0 Å². The van der Waals surface area contributed by atoms with Crippen molar-refractivity contribution in [2.45, 2.75) is 38.3 Å². The number of H-pyrrole nitrogens is 1. The third-order valence-electron chi connectivity index (χ3n) is 6.11. The number of carbonyl (C=O) groups excluding carboxylic acids is 1. The van der Waals surface area contributed by atoms with E-state index in [1.807, 2.05) is 0 Å². The molecule has 0 spiro atoms. The molecule has 0 aromatic carbocycles. The smallest absolute Gasteiger partial charge is 0.225 e. The van der Waals surface area contributed by atoms with E-state index in [4.69, 9.17) is 4.74 Å². The van der Waals surface area contributed by atoms with Crippen LogP contribution in [0.4, 0.5) is 0 Å². The minimum atomic E-state index is 0.215. The Morgan fingerprint density at radius 3 is 2.46 bits per heavy atom. The van der Waals surface area contributed by atoms with Crippen LogP contribution in [0.3, 0.4) is 0 Å². The van der Waals surface area contributed by atoms with E-state index in [9.17, 15) is 4.79 Å². The van der Waals surface area contributed by atoms with Crippen molar-refractivity contribution in [3.05, 3.63) is 12.2 Å². The van der Waals surface area contributed by atoms with Crippen molar-refractivity contribution in [1.82, 2.24) is 29.9 Å². The SMILES string of the molecule is O=C(C1CCN(C2CCOCC2)CC1)N1CCN(Cc2ncn[nH]2)CC1. The van der Waals surface area contributed by atoms with Crippen LogP contribution in [0.1, 0.15) is 31.5 Å². The monoisotopic (exact) mass is 362 g/mol. The lowest BCUT2D eigenvalue weighted by Gasteiger charge is -2.41. The zero-order valence-electron chi connectivity index (χ0n) is 15.5. The maximum atomic E-state index is 12.9. The van der Waals surface area contributed by atoms with Crippen molar-refractivity contribution >= 4 is 5.91 Å². The molecule has 3 fully saturated rings. The van der Waals surface area contributed by atoms with Crippen molar-refractivity contribution in [1.29, 1.82) is 0 Å². The van der Waals surface area contributed by atoms with Gasteiger partial charge in [-0.2, -0.15) is 5.10 Å². The van der Waals surface area contributed by atoms with Crippen LogP contribution < -0.4 is 0 Å². The molecule has 144 valence electrons. The van der Waals surface area contributed by atoms with Crippen LogP contribution in [0.5, 0.6) is 0 Å². The number of rotatable bonds is 4. The van der Waals surface area contributed by atoms with Gasteiger partial charge in [-0.15, -0.1) is 0 Å². The van der Waals surface area contributed by atoms with E-state index in [2.05, 4.69) is 29.9 Å². The zero-order valence-corrected chi connectivity index (χ0v) is 15.5. The summed E-state index contributed by atoms with van der Waals surface area (Å²) in [5.41, 5.74) is 0. The molecule has 3 saturated heterocycles. The zero-order chi connectivity index (χ0) is 17.8. The summed E-state index contributed by atoms with van der Waals surface area (Å²) in [4.78, 5) is 24.1. The fourth-order valence-corrected chi connectivity index (χ4v) is 4.47. The number of aromatic nitrogens is 3. The lowest BCUT2D eigenvalue weighted by Crippen LogP contribution is -2.52. The van der Waals surface area contributed by atoms with Crippen LogP contribution in [0.2, 0.25) is 0 Å². The molecule has 0 unspecified atom stereocenters. The second kappa shape index (κ2) is 8.45. The first-order chi connectivity index (χ1) is 12.8. The van der Waals surface area contributed by atoms with Gasteiger partial charge in [0.2, 0.25) is 5.91 Å². The molecule has 3 aliphatic rings. The second-order valence-electron chi connectivity index (χ2n) is 7.69. The minimum Gasteiger partial charge on any atom is -0.381 e. The van der Waals surface area contributed by atoms with Crippen molar-refractivity contribution < 1.29 is 9.53 Å². The van der Waals surface area contributed by atoms with Gasteiger partial charge in [0.05, 0.1) is 6.54 Å². The molecule has 4 heterocycles. The predicted octanol–water partition coefficient (Wildman–Crippen LogP) is 0.340. The Kier molecular flexibility index (Phi) is 5.81. The van der Waals surface area contributed by atoms with Gasteiger partial charge in [-0.1, -0.05) is 0 Å². The first-order valence-corrected chi connectivity index (χ1v) is 9.97. The lowest BCUT2D eigenvalue weighted by atomic mass is 9.93. The minimum absolute atomic E-state index is 0.215. The van der Waals surface area contributed by atoms with Gasteiger partial charge in [-0.3, -0.25) is 14.8 Å². The predicted molar refractivity (Wildman–Crippen MR) is 96.4 cm³/mol. The molecule has 1 N–H and O–H groups in total.